The van der Waals surface area contributed by atoms with E-state index in [9.17, 15) is 18.4 Å². The van der Waals surface area contributed by atoms with E-state index < -0.39 is 11.6 Å². The molecule has 180 valence electrons. The zero-order valence-electron chi connectivity index (χ0n) is 19.6. The molecular weight excluding hydrogens is 452 g/mol. The molecule has 0 radical (unpaired) electrons. The maximum atomic E-state index is 14.1. The summed E-state index contributed by atoms with van der Waals surface area (Å²) < 4.78 is 27.7. The zero-order valence-corrected chi connectivity index (χ0v) is 19.6. The van der Waals surface area contributed by atoms with Crippen LogP contribution < -0.4 is 10.9 Å². The Kier molecular flexibility index (Phi) is 5.62. The molecule has 1 unspecified atom stereocenters. The van der Waals surface area contributed by atoms with Crippen LogP contribution in [-0.4, -0.2) is 37.8 Å². The normalized spacial score (nSPS) is 14.1. The average Bonchev–Trinajstić information content (AvgIpc) is 3.35. The van der Waals surface area contributed by atoms with Crippen molar-refractivity contribution in [3.05, 3.63) is 81.3 Å². The summed E-state index contributed by atoms with van der Waals surface area (Å²) in [5, 5.41) is 3.23. The van der Waals surface area contributed by atoms with Crippen molar-refractivity contribution < 1.29 is 13.6 Å². The second kappa shape index (κ2) is 8.65. The minimum atomic E-state index is -0.505. The van der Waals surface area contributed by atoms with Crippen molar-refractivity contribution in [2.75, 3.05) is 5.32 Å². The van der Waals surface area contributed by atoms with E-state index in [1.54, 1.807) is 17.0 Å². The van der Waals surface area contributed by atoms with Gasteiger partial charge < -0.3 is 20.2 Å². The number of anilines is 1. The van der Waals surface area contributed by atoms with Crippen LogP contribution in [-0.2, 0) is 13.0 Å². The molecule has 0 saturated heterocycles. The van der Waals surface area contributed by atoms with Gasteiger partial charge >= 0.3 is 0 Å². The number of imidazole rings is 1. The second-order valence-corrected chi connectivity index (χ2v) is 9.22. The lowest BCUT2D eigenvalue weighted by molar-refractivity contribution is 0.0730. The van der Waals surface area contributed by atoms with Crippen molar-refractivity contribution in [2.24, 2.45) is 0 Å². The van der Waals surface area contributed by atoms with E-state index in [1.165, 1.54) is 12.3 Å². The highest BCUT2D eigenvalue weighted by atomic mass is 19.1. The van der Waals surface area contributed by atoms with Crippen molar-refractivity contribution >= 4 is 22.6 Å². The van der Waals surface area contributed by atoms with Gasteiger partial charge in [-0.15, -0.1) is 0 Å². The molecule has 7 nitrogen and oxygen atoms in total. The summed E-state index contributed by atoms with van der Waals surface area (Å²) in [5.41, 5.74) is 3.54. The fourth-order valence-electron chi connectivity index (χ4n) is 4.56. The maximum Gasteiger partial charge on any atom is 0.261 e. The van der Waals surface area contributed by atoms with Crippen LogP contribution in [0.2, 0.25) is 0 Å². The van der Waals surface area contributed by atoms with Crippen LogP contribution in [0, 0.1) is 11.6 Å². The lowest BCUT2D eigenvalue weighted by Gasteiger charge is -2.19. The van der Waals surface area contributed by atoms with Crippen molar-refractivity contribution in [2.45, 2.75) is 45.8 Å². The third-order valence-corrected chi connectivity index (χ3v) is 6.30. The van der Waals surface area contributed by atoms with E-state index in [0.29, 0.717) is 34.7 Å². The molecule has 2 aromatic carbocycles. The molecule has 0 saturated carbocycles. The topological polar surface area (TPSA) is 93.9 Å². The Morgan fingerprint density at radius 2 is 1.91 bits per heavy atom. The number of carbonyl (C=O) groups is 1. The number of carbonyl (C=O) groups excluding carboxylic acids is 1. The smallest absolute Gasteiger partial charge is 0.261 e. The van der Waals surface area contributed by atoms with Crippen LogP contribution in [0.3, 0.4) is 0 Å². The molecule has 3 N–H and O–H groups in total. The van der Waals surface area contributed by atoms with Crippen LogP contribution in [0.5, 0.6) is 0 Å². The number of amides is 1. The van der Waals surface area contributed by atoms with E-state index in [4.69, 9.17) is 0 Å². The first-order chi connectivity index (χ1) is 16.7. The molecule has 0 bridgehead atoms. The summed E-state index contributed by atoms with van der Waals surface area (Å²) in [6, 6.07) is 8.51. The quantitative estimate of drug-likeness (QED) is 0.378. The number of nitrogens with one attached hydrogen (secondary N) is 3. The molecule has 2 aromatic heterocycles. The van der Waals surface area contributed by atoms with Gasteiger partial charge in [-0.3, -0.25) is 9.59 Å². The van der Waals surface area contributed by atoms with Crippen LogP contribution >= 0.6 is 0 Å². The minimum Gasteiger partial charge on any atom is -0.381 e. The van der Waals surface area contributed by atoms with Gasteiger partial charge in [0.1, 0.15) is 23.0 Å². The number of hydrogen-bond donors (Lipinski definition) is 3. The monoisotopic (exact) mass is 477 g/mol. The third kappa shape index (κ3) is 4.18. The molecule has 5 rings (SSSR count). The van der Waals surface area contributed by atoms with Gasteiger partial charge in [-0.25, -0.2) is 13.8 Å². The van der Waals surface area contributed by atoms with Gasteiger partial charge in [-0.2, -0.15) is 0 Å². The number of nitrogens with zero attached hydrogens (tertiary/aromatic N) is 2. The number of aromatic amines is 2. The SMILES string of the molecule is CC(Cc1cc(F)ccc1F)Nc1cc[nH]c(=O)c1-c1nc2cc3c(cc2[nH]1)CN(C(C)C)C3=O. The van der Waals surface area contributed by atoms with Gasteiger partial charge in [0.2, 0.25) is 0 Å². The number of halogens is 2. The lowest BCUT2D eigenvalue weighted by Crippen LogP contribution is -2.30. The predicted octanol–water partition coefficient (Wildman–Crippen LogP) is 4.60. The molecule has 35 heavy (non-hydrogen) atoms. The van der Waals surface area contributed by atoms with E-state index in [2.05, 4.69) is 20.3 Å². The fraction of sp³-hybridized carbons (Fsp3) is 0.269. The molecule has 0 fully saturated rings. The number of fused-ring (bicyclic) bond motifs is 2. The van der Waals surface area contributed by atoms with Gasteiger partial charge in [0.25, 0.3) is 11.5 Å². The molecule has 1 atom stereocenters. The van der Waals surface area contributed by atoms with Gasteiger partial charge in [0, 0.05) is 30.4 Å². The molecule has 3 heterocycles. The van der Waals surface area contributed by atoms with E-state index in [0.717, 1.165) is 23.2 Å². The molecular formula is C26H25F2N5O2. The Bertz CT molecular complexity index is 1510. The number of rotatable bonds is 6. The van der Waals surface area contributed by atoms with Gasteiger partial charge in [0.15, 0.2) is 0 Å². The van der Waals surface area contributed by atoms with Gasteiger partial charge in [0.05, 0.1) is 16.7 Å². The Morgan fingerprint density at radius 3 is 2.69 bits per heavy atom. The summed E-state index contributed by atoms with van der Waals surface area (Å²) in [7, 11) is 0. The number of benzene rings is 2. The zero-order chi connectivity index (χ0) is 24.9. The van der Waals surface area contributed by atoms with Crippen LogP contribution in [0.1, 0.15) is 42.3 Å². The van der Waals surface area contributed by atoms with E-state index >= 15 is 0 Å². The van der Waals surface area contributed by atoms with Crippen LogP contribution in [0.4, 0.5) is 14.5 Å². The molecule has 1 amide bonds. The molecule has 9 heteroatoms. The number of H-pyrrole nitrogens is 2. The summed E-state index contributed by atoms with van der Waals surface area (Å²) in [6.07, 6.45) is 1.73. The van der Waals surface area contributed by atoms with Crippen molar-refractivity contribution in [3.8, 4) is 11.4 Å². The molecule has 4 aromatic rings. The number of hydrogen-bond acceptors (Lipinski definition) is 4. The summed E-state index contributed by atoms with van der Waals surface area (Å²) >= 11 is 0. The highest BCUT2D eigenvalue weighted by molar-refractivity contribution is 6.02. The molecule has 1 aliphatic rings. The Hall–Kier alpha value is -4.01. The lowest BCUT2D eigenvalue weighted by atomic mass is 10.1. The number of pyridine rings is 1. The van der Waals surface area contributed by atoms with Gasteiger partial charge in [-0.05, 0) is 74.7 Å². The van der Waals surface area contributed by atoms with Crippen molar-refractivity contribution in [3.63, 3.8) is 0 Å². The summed E-state index contributed by atoms with van der Waals surface area (Å²) in [6.45, 7) is 6.31. The Balaban J connectivity index is 1.47. The van der Waals surface area contributed by atoms with E-state index in [1.807, 2.05) is 26.8 Å². The summed E-state index contributed by atoms with van der Waals surface area (Å²) in [4.78, 5) is 37.8. The molecule has 0 aliphatic carbocycles. The fourth-order valence-corrected chi connectivity index (χ4v) is 4.56. The first kappa shape index (κ1) is 22.8. The second-order valence-electron chi connectivity index (χ2n) is 9.22. The third-order valence-electron chi connectivity index (χ3n) is 6.30. The minimum absolute atomic E-state index is 0.0280. The van der Waals surface area contributed by atoms with Crippen molar-refractivity contribution in [1.82, 2.24) is 19.9 Å². The standard InChI is InChI=1S/C26H25F2N5O2/c1-13(2)33-12-16-10-21-22(11-18(16)26(33)35)32-24(31-21)23-20(6-7-29-25(23)34)30-14(3)8-15-9-17(27)4-5-19(15)28/h4-7,9-11,13-14H,8,12H2,1-3H3,(H,31,32)(H2,29,30,34). The highest BCUT2D eigenvalue weighted by Crippen LogP contribution is 2.31. The molecule has 1 aliphatic heterocycles. The van der Waals surface area contributed by atoms with Crippen LogP contribution in [0.25, 0.3) is 22.4 Å². The average molecular weight is 478 g/mol. The maximum absolute atomic E-state index is 14.1. The number of aromatic nitrogens is 3. The molecule has 0 spiro atoms. The van der Waals surface area contributed by atoms with Crippen molar-refractivity contribution in [1.29, 1.82) is 0 Å². The van der Waals surface area contributed by atoms with Gasteiger partial charge in [-0.1, -0.05) is 0 Å². The van der Waals surface area contributed by atoms with E-state index in [-0.39, 0.29) is 35.5 Å². The predicted molar refractivity (Wildman–Crippen MR) is 130 cm³/mol. The first-order valence-electron chi connectivity index (χ1n) is 11.5. The first-order valence-corrected chi connectivity index (χ1v) is 11.5. The largest absolute Gasteiger partial charge is 0.381 e. The van der Waals surface area contributed by atoms with Crippen LogP contribution in [0.15, 0.2) is 47.4 Å². The Morgan fingerprint density at radius 1 is 1.11 bits per heavy atom. The Labute approximate surface area is 200 Å². The summed E-state index contributed by atoms with van der Waals surface area (Å²) in [5.74, 6) is -0.665. The highest BCUT2D eigenvalue weighted by Gasteiger charge is 2.30.